The van der Waals surface area contributed by atoms with E-state index in [0.29, 0.717) is 61.9 Å². The van der Waals surface area contributed by atoms with Crippen LogP contribution in [0.2, 0.25) is 0 Å². The molecule has 0 aromatic heterocycles. The van der Waals surface area contributed by atoms with Crippen LogP contribution in [-0.2, 0) is 70.4 Å². The van der Waals surface area contributed by atoms with E-state index in [1.54, 1.807) is 0 Å². The Hall–Kier alpha value is -6.59. The second-order valence-electron chi connectivity index (χ2n) is 25.6. The molecule has 0 radical (unpaired) electrons. The lowest BCUT2D eigenvalue weighted by atomic mass is 9.88. The lowest BCUT2D eigenvalue weighted by molar-refractivity contribution is -0.0909. The number of aliphatic hydroxyl groups excluding tert-OH is 1. The van der Waals surface area contributed by atoms with Gasteiger partial charge in [-0.2, -0.15) is 19.1 Å². The molecule has 2 amide bonds. The summed E-state index contributed by atoms with van der Waals surface area (Å²) in [5, 5.41) is 35.8. The highest BCUT2D eigenvalue weighted by Crippen LogP contribution is 2.43. The summed E-state index contributed by atoms with van der Waals surface area (Å²) in [5.74, 6) is 1.35. The largest absolute Gasteiger partial charge is 0.454 e. The molecule has 25 nitrogen and oxygen atoms in total. The molecule has 6 aliphatic rings. The van der Waals surface area contributed by atoms with Crippen molar-refractivity contribution in [3.63, 3.8) is 0 Å². The van der Waals surface area contributed by atoms with Gasteiger partial charge in [0.15, 0.2) is 42.9 Å². The van der Waals surface area contributed by atoms with Gasteiger partial charge < -0.3 is 67.6 Å². The normalized spacial score (nSPS) is 22.0. The molecule has 3 N–H and O–H groups in total. The zero-order valence-electron chi connectivity index (χ0n) is 52.6. The van der Waals surface area contributed by atoms with Crippen LogP contribution in [0.4, 0.5) is 9.59 Å². The van der Waals surface area contributed by atoms with Gasteiger partial charge in [-0.15, -0.1) is 0 Å². The van der Waals surface area contributed by atoms with Crippen LogP contribution in [0.15, 0.2) is 107 Å². The molecule has 28 heteroatoms. The van der Waals surface area contributed by atoms with Gasteiger partial charge in [-0.1, -0.05) is 88.4 Å². The summed E-state index contributed by atoms with van der Waals surface area (Å²) >= 11 is 0. The first kappa shape index (κ1) is 69.7. The summed E-state index contributed by atoms with van der Waals surface area (Å²) in [6.07, 6.45) is -2.44. The predicted molar refractivity (Wildman–Crippen MR) is 333 cm³/mol. The Balaban J connectivity index is 0.000000218. The van der Waals surface area contributed by atoms with Crippen LogP contribution in [0.3, 0.4) is 0 Å². The number of nitriles is 2. The highest BCUT2D eigenvalue weighted by atomic mass is 32.2. The second kappa shape index (κ2) is 30.7. The molecule has 4 saturated heterocycles. The highest BCUT2D eigenvalue weighted by molar-refractivity contribution is 7.89. The standard InChI is InChI=1S/C33H44N3O10PS.C31H39N3O9S/c1-33(2,14-8-15-34)21-36(48(39,40)24-11-12-27-28(18-24)44-22-43-27)19-29(46-47(3,4)38)26(17-23-9-6-5-7-10-23)35-32(37)45-30-20-42-31-25(30)13-16-41-31;1-31(2,12-6-13-32)19-34(44(37,38)22-9-10-26-27(16-22)42-20-41-26)17-25(35)24(15-21-7-4-3-5-8-21)33-30(36)43-28-18-40-29-23(28)11-14-39-29/h5-7,9-12,18,25-26,29-31H,8,13-14,16-17,19-22H2,1-4H3,(H,35,37);3-5,7-10,16,23-25,28-29,35H,6,11-12,14-15,17-20H2,1-2H3,(H,33,36)/t25?,26-,29?,30?,31?;23?,24-,25?,28?,29?/m00/s1. The van der Waals surface area contributed by atoms with Crippen molar-refractivity contribution < 1.29 is 88.0 Å². The van der Waals surface area contributed by atoms with Crippen molar-refractivity contribution in [2.45, 2.75) is 138 Å². The molecule has 4 aromatic carbocycles. The molecule has 500 valence electrons. The van der Waals surface area contributed by atoms with Crippen molar-refractivity contribution in [1.82, 2.24) is 19.2 Å². The van der Waals surface area contributed by atoms with Crippen molar-refractivity contribution in [3.8, 4) is 35.1 Å². The van der Waals surface area contributed by atoms with Gasteiger partial charge in [0.1, 0.15) is 12.2 Å². The SMILES string of the molecule is CC(C)(CCC#N)CN(CC(O)[C@H](Cc1ccccc1)NC(=O)OC1COC2OCCC12)S(=O)(=O)c1ccc2c(c1)OCO2.CC(C)(CCC#N)CN(CC(OP(C)(C)=O)[C@H](Cc1ccccc1)NC(=O)OC1COC2OCCC12)S(=O)(=O)c1ccc2c(c1)OCO2. The van der Waals surface area contributed by atoms with E-state index in [1.807, 2.05) is 88.4 Å². The fraction of sp³-hybridized carbons (Fsp3) is 0.562. The fourth-order valence-corrected chi connectivity index (χ4v) is 16.1. The molecule has 6 aliphatic heterocycles. The Kier molecular flexibility index (Phi) is 23.2. The molecule has 8 unspecified atom stereocenters. The number of rotatable bonds is 28. The van der Waals surface area contributed by atoms with Gasteiger partial charge in [-0.25, -0.2) is 26.4 Å². The van der Waals surface area contributed by atoms with Crippen LogP contribution in [-0.4, -0.2) is 171 Å². The first-order chi connectivity index (χ1) is 43.8. The maximum Gasteiger partial charge on any atom is 0.407 e. The number of sulfonamides is 2. The fourth-order valence-electron chi connectivity index (χ4n) is 11.9. The van der Waals surface area contributed by atoms with Crippen molar-refractivity contribution >= 4 is 39.6 Å². The summed E-state index contributed by atoms with van der Waals surface area (Å²) < 4.78 is 134. The van der Waals surface area contributed by atoms with Crippen LogP contribution >= 0.6 is 7.37 Å². The molecule has 4 aromatic rings. The Labute approximate surface area is 538 Å². The van der Waals surface area contributed by atoms with Gasteiger partial charge >= 0.3 is 12.2 Å². The number of amides is 2. The quantitative estimate of drug-likeness (QED) is 0.0454. The number of carbonyl (C=O) groups is 2. The van der Waals surface area contributed by atoms with E-state index in [9.17, 15) is 46.6 Å². The molecule has 10 atom stereocenters. The summed E-state index contributed by atoms with van der Waals surface area (Å²) in [6, 6.07) is 29.9. The number of benzene rings is 4. The molecule has 10 rings (SSSR count). The van der Waals surface area contributed by atoms with Crippen LogP contribution < -0.4 is 29.6 Å². The maximum atomic E-state index is 14.4. The monoisotopic (exact) mass is 1330 g/mol. The third-order valence-electron chi connectivity index (χ3n) is 16.8. The number of hydrogen-bond acceptors (Lipinski definition) is 21. The number of fused-ring (bicyclic) bond motifs is 4. The molecular formula is C64H83N6O19PS2. The van der Waals surface area contributed by atoms with Gasteiger partial charge in [-0.3, -0.25) is 4.57 Å². The first-order valence-corrected chi connectivity index (χ1v) is 36.1. The minimum atomic E-state index is -4.22. The van der Waals surface area contributed by atoms with Gasteiger partial charge in [0.25, 0.3) is 0 Å². The molecule has 0 bridgehead atoms. The van der Waals surface area contributed by atoms with E-state index >= 15 is 0 Å². The van der Waals surface area contributed by atoms with Crippen LogP contribution in [0.5, 0.6) is 23.0 Å². The number of aliphatic hydroxyl groups is 1. The summed E-state index contributed by atoms with van der Waals surface area (Å²) in [4.78, 5) is 26.5. The van der Waals surface area contributed by atoms with Gasteiger partial charge in [-0.05, 0) is 84.7 Å². The molecule has 6 heterocycles. The van der Waals surface area contributed by atoms with Crippen molar-refractivity contribution in [3.05, 3.63) is 108 Å². The van der Waals surface area contributed by atoms with Crippen LogP contribution in [0.1, 0.15) is 77.3 Å². The van der Waals surface area contributed by atoms with Gasteiger partial charge in [0.2, 0.25) is 33.6 Å². The third-order valence-corrected chi connectivity index (χ3v) is 21.2. The first-order valence-electron chi connectivity index (χ1n) is 30.7. The van der Waals surface area contributed by atoms with Gasteiger partial charge in [0, 0.05) is 64.5 Å². The van der Waals surface area contributed by atoms with Crippen molar-refractivity contribution in [1.29, 1.82) is 10.5 Å². The average molecular weight is 1340 g/mol. The topological polar surface area (TPSA) is 319 Å². The molecule has 0 aliphatic carbocycles. The number of carbonyl (C=O) groups excluding carboxylic acids is 2. The Bertz CT molecular complexity index is 3530. The Morgan fingerprint density at radius 2 is 1.05 bits per heavy atom. The van der Waals surface area contributed by atoms with E-state index in [1.165, 1.54) is 58.3 Å². The number of hydrogen-bond donors (Lipinski definition) is 3. The maximum absolute atomic E-state index is 14.4. The number of alkyl carbamates (subject to hydrolysis) is 2. The second-order valence-corrected chi connectivity index (χ2v) is 32.1. The lowest BCUT2D eigenvalue weighted by Gasteiger charge is -2.37. The number of ether oxygens (including phenoxy) is 10. The van der Waals surface area contributed by atoms with E-state index in [0.717, 1.165) is 11.1 Å². The number of nitrogens with zero attached hydrogens (tertiary/aromatic N) is 4. The lowest BCUT2D eigenvalue weighted by Crippen LogP contribution is -2.53. The third kappa shape index (κ3) is 18.6. The highest BCUT2D eigenvalue weighted by Gasteiger charge is 2.47. The zero-order valence-corrected chi connectivity index (χ0v) is 55.1. The van der Waals surface area contributed by atoms with E-state index in [2.05, 4.69) is 22.8 Å². The van der Waals surface area contributed by atoms with Crippen LogP contribution in [0, 0.1) is 45.3 Å². The average Bonchev–Trinajstić information content (AvgIpc) is 1.11. The molecule has 0 saturated carbocycles. The van der Waals surface area contributed by atoms with Crippen LogP contribution in [0.25, 0.3) is 0 Å². The summed E-state index contributed by atoms with van der Waals surface area (Å²) in [6.45, 7) is 11.3. The predicted octanol–water partition coefficient (Wildman–Crippen LogP) is 7.95. The molecular weight excluding hydrogens is 1250 g/mol. The minimum Gasteiger partial charge on any atom is -0.454 e. The van der Waals surface area contributed by atoms with Crippen molar-refractivity contribution in [2.75, 3.05) is 79.5 Å². The number of nitrogens with one attached hydrogen (secondary N) is 2. The van der Waals surface area contributed by atoms with Gasteiger partial charge in [0.05, 0.1) is 84.5 Å². The summed E-state index contributed by atoms with van der Waals surface area (Å²) in [5.41, 5.74) is 0.453. The zero-order chi connectivity index (χ0) is 65.8. The smallest absolute Gasteiger partial charge is 0.407 e. The van der Waals surface area contributed by atoms with E-state index < -0.39 is 99.5 Å². The Morgan fingerprint density at radius 3 is 1.50 bits per heavy atom. The summed E-state index contributed by atoms with van der Waals surface area (Å²) in [7, 11) is -11.6. The molecule has 4 fully saturated rings. The molecule has 0 spiro atoms. The van der Waals surface area contributed by atoms with E-state index in [4.69, 9.17) is 51.9 Å². The van der Waals surface area contributed by atoms with E-state index in [-0.39, 0.29) is 100 Å². The molecule has 92 heavy (non-hydrogen) atoms. The van der Waals surface area contributed by atoms with Crippen molar-refractivity contribution in [2.24, 2.45) is 22.7 Å². The minimum absolute atomic E-state index is 0.00715. The Morgan fingerprint density at radius 1 is 0.630 bits per heavy atom.